The summed E-state index contributed by atoms with van der Waals surface area (Å²) in [6.07, 6.45) is 3.21. The lowest BCUT2D eigenvalue weighted by Gasteiger charge is -2.34. The van der Waals surface area contributed by atoms with Gasteiger partial charge in [-0.15, -0.1) is 0 Å². The molecule has 0 spiro atoms. The molecule has 3 rings (SSSR count). The third-order valence-electron chi connectivity index (χ3n) is 4.77. The largest absolute Gasteiger partial charge is 0.490 e. The van der Waals surface area contributed by atoms with E-state index in [0.29, 0.717) is 10.9 Å². The molecule has 26 heavy (non-hydrogen) atoms. The first-order valence-electron chi connectivity index (χ1n) is 8.38. The molecule has 1 saturated carbocycles. The molecule has 6 nitrogen and oxygen atoms in total. The fourth-order valence-corrected chi connectivity index (χ4v) is 3.24. The zero-order chi connectivity index (χ0) is 18.7. The number of carbonyl (C=O) groups excluding carboxylic acids is 1. The number of benzene rings is 2. The minimum atomic E-state index is -0.557. The van der Waals surface area contributed by atoms with Crippen molar-refractivity contribution in [3.05, 3.63) is 68.7 Å². The Hall–Kier alpha value is -2.60. The van der Waals surface area contributed by atoms with Crippen molar-refractivity contribution in [1.29, 1.82) is 0 Å². The average molecular weight is 375 g/mol. The van der Waals surface area contributed by atoms with E-state index < -0.39 is 4.92 Å². The van der Waals surface area contributed by atoms with E-state index in [4.69, 9.17) is 16.3 Å². The van der Waals surface area contributed by atoms with Crippen molar-refractivity contribution in [2.24, 2.45) is 5.92 Å². The van der Waals surface area contributed by atoms with Crippen LogP contribution in [-0.2, 0) is 0 Å². The van der Waals surface area contributed by atoms with Gasteiger partial charge in [-0.25, -0.2) is 0 Å². The number of methoxy groups -OCH3 is 1. The molecule has 1 unspecified atom stereocenters. The molecule has 0 radical (unpaired) electrons. The maximum Gasteiger partial charge on any atom is 0.311 e. The van der Waals surface area contributed by atoms with Crippen LogP contribution >= 0.6 is 11.6 Å². The first-order valence-corrected chi connectivity index (χ1v) is 8.76. The summed E-state index contributed by atoms with van der Waals surface area (Å²) in [6.45, 7) is 0. The van der Waals surface area contributed by atoms with Gasteiger partial charge in [-0.1, -0.05) is 30.2 Å². The van der Waals surface area contributed by atoms with Crippen LogP contribution in [-0.4, -0.2) is 17.9 Å². The Morgan fingerprint density at radius 1 is 1.27 bits per heavy atom. The fourth-order valence-electron chi connectivity index (χ4n) is 3.12. The Morgan fingerprint density at radius 2 is 1.96 bits per heavy atom. The number of nitro groups is 1. The molecule has 0 aliphatic heterocycles. The van der Waals surface area contributed by atoms with E-state index in [1.54, 1.807) is 12.1 Å². The number of nitrogens with zero attached hydrogens (tertiary/aromatic N) is 1. The Kier molecular flexibility index (Phi) is 5.42. The molecule has 1 atom stereocenters. The molecular formula is C19H19ClN2O4. The minimum Gasteiger partial charge on any atom is -0.490 e. The van der Waals surface area contributed by atoms with Crippen LogP contribution in [0.1, 0.15) is 41.2 Å². The van der Waals surface area contributed by atoms with Crippen LogP contribution in [0.3, 0.4) is 0 Å². The summed E-state index contributed by atoms with van der Waals surface area (Å²) in [7, 11) is 1.36. The fraction of sp³-hybridized carbons (Fsp3) is 0.316. The Balaban J connectivity index is 1.85. The smallest absolute Gasteiger partial charge is 0.311 e. The second-order valence-electron chi connectivity index (χ2n) is 6.34. The van der Waals surface area contributed by atoms with Crippen molar-refractivity contribution in [2.45, 2.75) is 25.3 Å². The van der Waals surface area contributed by atoms with E-state index in [1.807, 2.05) is 12.1 Å². The van der Waals surface area contributed by atoms with Gasteiger partial charge in [-0.2, -0.15) is 0 Å². The zero-order valence-corrected chi connectivity index (χ0v) is 15.0. The van der Waals surface area contributed by atoms with E-state index in [1.165, 1.54) is 25.3 Å². The molecule has 7 heteroatoms. The van der Waals surface area contributed by atoms with E-state index in [0.717, 1.165) is 24.8 Å². The summed E-state index contributed by atoms with van der Waals surface area (Å²) in [5.74, 6) is 0.135. The normalized spacial score (nSPS) is 15.0. The van der Waals surface area contributed by atoms with Gasteiger partial charge in [0.05, 0.1) is 18.1 Å². The number of ether oxygens (including phenoxy) is 1. The quantitative estimate of drug-likeness (QED) is 0.595. The molecule has 2 aromatic carbocycles. The van der Waals surface area contributed by atoms with Gasteiger partial charge in [-0.3, -0.25) is 14.9 Å². The van der Waals surface area contributed by atoms with Crippen LogP contribution in [0.4, 0.5) is 5.69 Å². The van der Waals surface area contributed by atoms with Gasteiger partial charge in [0.15, 0.2) is 5.75 Å². The highest BCUT2D eigenvalue weighted by Crippen LogP contribution is 2.38. The number of hydrogen-bond donors (Lipinski definition) is 1. The third kappa shape index (κ3) is 3.80. The van der Waals surface area contributed by atoms with Crippen LogP contribution < -0.4 is 10.1 Å². The van der Waals surface area contributed by atoms with Crippen molar-refractivity contribution in [1.82, 2.24) is 5.32 Å². The SMILES string of the molecule is COc1ccc(C(=O)NC(c2ccc(Cl)cc2)C2CCC2)cc1[N+](=O)[O-]. The minimum absolute atomic E-state index is 0.125. The van der Waals surface area contributed by atoms with Crippen LogP contribution in [0, 0.1) is 16.0 Å². The van der Waals surface area contributed by atoms with Crippen LogP contribution in [0.2, 0.25) is 5.02 Å². The first kappa shape index (κ1) is 18.2. The topological polar surface area (TPSA) is 81.5 Å². The average Bonchev–Trinajstić information content (AvgIpc) is 2.59. The number of hydrogen-bond acceptors (Lipinski definition) is 4. The molecule has 136 valence electrons. The number of carbonyl (C=O) groups is 1. The summed E-state index contributed by atoms with van der Waals surface area (Å²) < 4.78 is 4.98. The molecule has 0 bridgehead atoms. The van der Waals surface area contributed by atoms with Gasteiger partial charge in [0.25, 0.3) is 5.91 Å². The van der Waals surface area contributed by atoms with Crippen molar-refractivity contribution < 1.29 is 14.5 Å². The van der Waals surface area contributed by atoms with E-state index in [9.17, 15) is 14.9 Å². The van der Waals surface area contributed by atoms with E-state index >= 15 is 0 Å². The van der Waals surface area contributed by atoms with Crippen molar-refractivity contribution in [2.75, 3.05) is 7.11 Å². The molecule has 1 N–H and O–H groups in total. The van der Waals surface area contributed by atoms with E-state index in [-0.39, 0.29) is 28.9 Å². The highest BCUT2D eigenvalue weighted by atomic mass is 35.5. The summed E-state index contributed by atoms with van der Waals surface area (Å²) in [6, 6.07) is 11.5. The van der Waals surface area contributed by atoms with Crippen molar-refractivity contribution >= 4 is 23.2 Å². The molecule has 1 aliphatic rings. The molecule has 1 fully saturated rings. The lowest BCUT2D eigenvalue weighted by molar-refractivity contribution is -0.385. The Bertz CT molecular complexity index is 819. The molecule has 0 heterocycles. The highest BCUT2D eigenvalue weighted by molar-refractivity contribution is 6.30. The van der Waals surface area contributed by atoms with Crippen molar-refractivity contribution in [3.63, 3.8) is 0 Å². The summed E-state index contributed by atoms with van der Waals surface area (Å²) >= 11 is 5.96. The van der Waals surface area contributed by atoms with Gasteiger partial charge >= 0.3 is 5.69 Å². The van der Waals surface area contributed by atoms with Gasteiger partial charge in [0.2, 0.25) is 0 Å². The standard InChI is InChI=1S/C19H19ClN2O4/c1-26-17-10-7-14(11-16(17)22(24)25)19(23)21-18(12-3-2-4-12)13-5-8-15(20)9-6-13/h5-12,18H,2-4H2,1H3,(H,21,23). The van der Waals surface area contributed by atoms with Crippen molar-refractivity contribution in [3.8, 4) is 5.75 Å². The number of nitrogens with one attached hydrogen (secondary N) is 1. The second kappa shape index (κ2) is 7.74. The summed E-state index contributed by atoms with van der Waals surface area (Å²) in [5.41, 5.74) is 0.984. The van der Waals surface area contributed by atoms with Gasteiger partial charge in [0, 0.05) is 16.7 Å². The summed E-state index contributed by atoms with van der Waals surface area (Å²) in [4.78, 5) is 23.3. The Labute approximate surface area is 156 Å². The Morgan fingerprint density at radius 3 is 2.50 bits per heavy atom. The molecule has 2 aromatic rings. The molecule has 1 aliphatic carbocycles. The maximum atomic E-state index is 12.7. The summed E-state index contributed by atoms with van der Waals surface area (Å²) in [5, 5.41) is 14.8. The molecule has 1 amide bonds. The number of rotatable bonds is 6. The van der Waals surface area contributed by atoms with Gasteiger partial charge < -0.3 is 10.1 Å². The lowest BCUT2D eigenvalue weighted by Crippen LogP contribution is -2.36. The highest BCUT2D eigenvalue weighted by Gasteiger charge is 2.30. The first-order chi connectivity index (χ1) is 12.5. The predicted octanol–water partition coefficient (Wildman–Crippen LogP) is 4.53. The predicted molar refractivity (Wildman–Crippen MR) is 98.6 cm³/mol. The molecule has 0 aromatic heterocycles. The van der Waals surface area contributed by atoms with Crippen LogP contribution in [0.25, 0.3) is 0 Å². The van der Waals surface area contributed by atoms with Gasteiger partial charge in [0.1, 0.15) is 0 Å². The monoisotopic (exact) mass is 374 g/mol. The van der Waals surface area contributed by atoms with E-state index in [2.05, 4.69) is 5.32 Å². The second-order valence-corrected chi connectivity index (χ2v) is 6.77. The molecule has 0 saturated heterocycles. The number of amides is 1. The van der Waals surface area contributed by atoms with Crippen LogP contribution in [0.5, 0.6) is 5.75 Å². The number of nitro benzene ring substituents is 1. The van der Waals surface area contributed by atoms with Crippen LogP contribution in [0.15, 0.2) is 42.5 Å². The number of halogens is 1. The third-order valence-corrected chi connectivity index (χ3v) is 5.03. The lowest BCUT2D eigenvalue weighted by atomic mass is 9.77. The maximum absolute atomic E-state index is 12.7. The zero-order valence-electron chi connectivity index (χ0n) is 14.3. The van der Waals surface area contributed by atoms with Gasteiger partial charge in [-0.05, 0) is 48.6 Å². The molecular weight excluding hydrogens is 356 g/mol.